The van der Waals surface area contributed by atoms with Gasteiger partial charge >= 0.3 is 5.97 Å². The van der Waals surface area contributed by atoms with Gasteiger partial charge in [-0.05, 0) is 73.3 Å². The van der Waals surface area contributed by atoms with Gasteiger partial charge in [0.25, 0.3) is 0 Å². The highest BCUT2D eigenvalue weighted by Crippen LogP contribution is 2.47. The van der Waals surface area contributed by atoms with Gasteiger partial charge in [-0.25, -0.2) is 0 Å². The summed E-state index contributed by atoms with van der Waals surface area (Å²) in [5, 5.41) is 9.46. The van der Waals surface area contributed by atoms with E-state index < -0.39 is 5.97 Å². The molecule has 0 aromatic heterocycles. The molecule has 2 atom stereocenters. The fourth-order valence-corrected chi connectivity index (χ4v) is 4.20. The Balaban J connectivity index is 1.29. The maximum absolute atomic E-state index is 11.5. The minimum absolute atomic E-state index is 0.0772. The summed E-state index contributed by atoms with van der Waals surface area (Å²) in [4.78, 5) is 11.5. The predicted octanol–water partition coefficient (Wildman–Crippen LogP) is 5.14. The van der Waals surface area contributed by atoms with Crippen LogP contribution in [0.15, 0.2) is 54.6 Å². The molecular formula is C24H28O4. The Morgan fingerprint density at radius 1 is 1.07 bits per heavy atom. The molecule has 2 aliphatic rings. The van der Waals surface area contributed by atoms with Crippen molar-refractivity contribution in [1.29, 1.82) is 0 Å². The van der Waals surface area contributed by atoms with Crippen LogP contribution in [0, 0.1) is 17.8 Å². The first-order valence-electron chi connectivity index (χ1n) is 10.3. The Labute approximate surface area is 166 Å². The van der Waals surface area contributed by atoms with Crippen molar-refractivity contribution in [2.75, 3.05) is 6.61 Å². The van der Waals surface area contributed by atoms with Gasteiger partial charge in [-0.2, -0.15) is 0 Å². The largest absolute Gasteiger partial charge is 0.493 e. The number of hydrogen-bond acceptors (Lipinski definition) is 3. The fraction of sp³-hybridized carbons (Fsp3) is 0.458. The molecule has 2 aliphatic carbocycles. The summed E-state index contributed by atoms with van der Waals surface area (Å²) in [7, 11) is 0. The summed E-state index contributed by atoms with van der Waals surface area (Å²) < 4.78 is 12.0. The number of carboxylic acid groups (broad SMARTS) is 1. The quantitative estimate of drug-likeness (QED) is 0.655. The molecular weight excluding hydrogens is 352 g/mol. The van der Waals surface area contributed by atoms with Gasteiger partial charge in [-0.1, -0.05) is 37.3 Å². The second-order valence-corrected chi connectivity index (χ2v) is 8.26. The highest BCUT2D eigenvalue weighted by atomic mass is 16.5. The van der Waals surface area contributed by atoms with Gasteiger partial charge in [0.2, 0.25) is 0 Å². The molecule has 4 nitrogen and oxygen atoms in total. The van der Waals surface area contributed by atoms with Crippen molar-refractivity contribution in [3.63, 3.8) is 0 Å². The van der Waals surface area contributed by atoms with Crippen LogP contribution in [0.2, 0.25) is 0 Å². The van der Waals surface area contributed by atoms with Crippen LogP contribution < -0.4 is 9.47 Å². The monoisotopic (exact) mass is 380 g/mol. The van der Waals surface area contributed by atoms with Crippen LogP contribution in [0.5, 0.6) is 11.5 Å². The van der Waals surface area contributed by atoms with Gasteiger partial charge in [0.05, 0.1) is 18.6 Å². The van der Waals surface area contributed by atoms with E-state index in [0.717, 1.165) is 42.7 Å². The Morgan fingerprint density at radius 2 is 1.79 bits per heavy atom. The van der Waals surface area contributed by atoms with Gasteiger partial charge in [-0.3, -0.25) is 4.79 Å². The van der Waals surface area contributed by atoms with Crippen LogP contribution in [0.25, 0.3) is 0 Å². The van der Waals surface area contributed by atoms with Crippen LogP contribution in [-0.4, -0.2) is 23.8 Å². The number of rotatable bonds is 9. The van der Waals surface area contributed by atoms with Crippen LogP contribution >= 0.6 is 0 Å². The molecule has 2 fully saturated rings. The van der Waals surface area contributed by atoms with Crippen LogP contribution in [0.1, 0.15) is 44.1 Å². The third-order valence-corrected chi connectivity index (χ3v) is 6.03. The number of benzene rings is 2. The smallest absolute Gasteiger partial charge is 0.306 e. The molecule has 0 spiro atoms. The SMILES string of the molecule is C[C@H](C(=O)O)C(c1cccc(OCC2CC(Oc3ccccc3)C2)c1)C1CC1. The maximum Gasteiger partial charge on any atom is 0.306 e. The van der Waals surface area contributed by atoms with E-state index in [4.69, 9.17) is 9.47 Å². The molecule has 1 N–H and O–H groups in total. The van der Waals surface area contributed by atoms with Gasteiger partial charge in [0.15, 0.2) is 0 Å². The number of carboxylic acids is 1. The standard InChI is InChI=1S/C24H28O4/c1-16(24(25)26)23(18-10-11-18)19-6-5-9-21(14-19)27-15-17-12-22(13-17)28-20-7-3-2-4-8-20/h2-9,14,16-18,22-23H,10-13,15H2,1H3,(H,25,26)/t16-,17?,22?,23?/m0/s1. The normalized spacial score (nSPS) is 23.3. The van der Waals surface area contributed by atoms with Crippen molar-refractivity contribution in [2.24, 2.45) is 17.8 Å². The molecule has 1 unspecified atom stereocenters. The second kappa shape index (κ2) is 8.26. The minimum Gasteiger partial charge on any atom is -0.493 e. The second-order valence-electron chi connectivity index (χ2n) is 8.26. The van der Waals surface area contributed by atoms with E-state index in [1.54, 1.807) is 0 Å². The number of carbonyl (C=O) groups is 1. The summed E-state index contributed by atoms with van der Waals surface area (Å²) in [5.74, 6) is 1.76. The highest BCUT2D eigenvalue weighted by Gasteiger charge is 2.38. The Bertz CT molecular complexity index is 793. The predicted molar refractivity (Wildman–Crippen MR) is 108 cm³/mol. The lowest BCUT2D eigenvalue weighted by atomic mass is 9.82. The van der Waals surface area contributed by atoms with Crippen molar-refractivity contribution < 1.29 is 19.4 Å². The Kier molecular flexibility index (Phi) is 5.56. The highest BCUT2D eigenvalue weighted by molar-refractivity contribution is 5.71. The molecule has 0 aliphatic heterocycles. The third-order valence-electron chi connectivity index (χ3n) is 6.03. The summed E-state index contributed by atoms with van der Waals surface area (Å²) in [6.45, 7) is 2.50. The zero-order valence-electron chi connectivity index (χ0n) is 16.3. The van der Waals surface area contributed by atoms with Gasteiger partial charge in [-0.15, -0.1) is 0 Å². The molecule has 0 bridgehead atoms. The molecule has 0 radical (unpaired) electrons. The van der Waals surface area contributed by atoms with Gasteiger partial charge in [0, 0.05) is 0 Å². The van der Waals surface area contributed by atoms with Crippen molar-refractivity contribution in [1.82, 2.24) is 0 Å². The van der Waals surface area contributed by atoms with E-state index in [9.17, 15) is 9.90 Å². The first-order valence-corrected chi connectivity index (χ1v) is 10.3. The molecule has 0 heterocycles. The fourth-order valence-electron chi connectivity index (χ4n) is 4.20. The lowest BCUT2D eigenvalue weighted by Gasteiger charge is -2.35. The van der Waals surface area contributed by atoms with Crippen LogP contribution in [-0.2, 0) is 4.79 Å². The third kappa shape index (κ3) is 4.49. The molecule has 4 heteroatoms. The first kappa shape index (κ1) is 18.9. The van der Waals surface area contributed by atoms with Crippen molar-refractivity contribution in [3.8, 4) is 11.5 Å². The molecule has 0 saturated heterocycles. The van der Waals surface area contributed by atoms with E-state index in [0.29, 0.717) is 18.4 Å². The molecule has 2 aromatic rings. The molecule has 28 heavy (non-hydrogen) atoms. The van der Waals surface area contributed by atoms with Crippen molar-refractivity contribution in [3.05, 3.63) is 60.2 Å². The average molecular weight is 380 g/mol. The van der Waals surface area contributed by atoms with E-state index in [2.05, 4.69) is 0 Å². The molecule has 4 rings (SSSR count). The molecule has 2 saturated carbocycles. The molecule has 0 amide bonds. The van der Waals surface area contributed by atoms with E-state index in [1.165, 1.54) is 0 Å². The van der Waals surface area contributed by atoms with Gasteiger partial charge in [0.1, 0.15) is 11.5 Å². The first-order chi connectivity index (χ1) is 13.6. The Hall–Kier alpha value is -2.49. The molecule has 2 aromatic carbocycles. The topological polar surface area (TPSA) is 55.8 Å². The van der Waals surface area contributed by atoms with E-state index >= 15 is 0 Å². The summed E-state index contributed by atoms with van der Waals surface area (Å²) in [6.07, 6.45) is 4.54. The zero-order valence-corrected chi connectivity index (χ0v) is 16.3. The lowest BCUT2D eigenvalue weighted by Crippen LogP contribution is -2.37. The summed E-state index contributed by atoms with van der Waals surface area (Å²) in [6, 6.07) is 18.0. The summed E-state index contributed by atoms with van der Waals surface area (Å²) in [5.41, 5.74) is 1.09. The lowest BCUT2D eigenvalue weighted by molar-refractivity contribution is -0.142. The van der Waals surface area contributed by atoms with Crippen LogP contribution in [0.3, 0.4) is 0 Å². The maximum atomic E-state index is 11.5. The van der Waals surface area contributed by atoms with Crippen molar-refractivity contribution in [2.45, 2.75) is 44.6 Å². The zero-order chi connectivity index (χ0) is 19.5. The van der Waals surface area contributed by atoms with Gasteiger partial charge < -0.3 is 14.6 Å². The van der Waals surface area contributed by atoms with Crippen LogP contribution in [0.4, 0.5) is 0 Å². The summed E-state index contributed by atoms with van der Waals surface area (Å²) >= 11 is 0. The number of aliphatic carboxylic acids is 1. The number of para-hydroxylation sites is 1. The number of ether oxygens (including phenoxy) is 2. The number of hydrogen-bond donors (Lipinski definition) is 1. The van der Waals surface area contributed by atoms with Crippen molar-refractivity contribution >= 4 is 5.97 Å². The Morgan fingerprint density at radius 3 is 2.46 bits per heavy atom. The van der Waals surface area contributed by atoms with E-state index in [1.807, 2.05) is 61.5 Å². The minimum atomic E-state index is -0.720. The van der Waals surface area contributed by atoms with E-state index in [-0.39, 0.29) is 17.9 Å². The average Bonchev–Trinajstić information content (AvgIpc) is 3.49. The molecule has 148 valence electrons.